The molecule has 0 aromatic carbocycles. The Kier molecular flexibility index (Phi) is 4.17. The second-order valence-electron chi connectivity index (χ2n) is 2.30. The normalized spacial score (nSPS) is 21.9. The first-order chi connectivity index (χ1) is 5.00. The summed E-state index contributed by atoms with van der Waals surface area (Å²) in [6, 6.07) is 0. The molecule has 0 aromatic rings. The van der Waals surface area contributed by atoms with Crippen molar-refractivity contribution >= 4 is 6.29 Å². The summed E-state index contributed by atoms with van der Waals surface area (Å²) in [5.74, 6) is 0. The molecule has 0 bridgehead atoms. The SMILES string of the molecule is C[C@H](O)[C@H](O)[C@@H](O)[C@@H](F)C=O. The molecule has 66 valence electrons. The first-order valence-corrected chi connectivity index (χ1v) is 3.14. The van der Waals surface area contributed by atoms with Crippen LogP contribution in [0.4, 0.5) is 4.39 Å². The molecule has 11 heavy (non-hydrogen) atoms. The van der Waals surface area contributed by atoms with E-state index < -0.39 is 24.5 Å². The van der Waals surface area contributed by atoms with E-state index in [4.69, 9.17) is 15.3 Å². The molecule has 0 rings (SSSR count). The number of hydrogen-bond acceptors (Lipinski definition) is 4. The number of aldehydes is 1. The number of carbonyl (C=O) groups is 1. The van der Waals surface area contributed by atoms with Gasteiger partial charge < -0.3 is 20.1 Å². The highest BCUT2D eigenvalue weighted by atomic mass is 19.1. The third-order valence-electron chi connectivity index (χ3n) is 1.30. The second kappa shape index (κ2) is 4.38. The van der Waals surface area contributed by atoms with Gasteiger partial charge in [-0.2, -0.15) is 0 Å². The average molecular weight is 166 g/mol. The van der Waals surface area contributed by atoms with Gasteiger partial charge in [-0.25, -0.2) is 4.39 Å². The summed E-state index contributed by atoms with van der Waals surface area (Å²) in [4.78, 5) is 9.75. The van der Waals surface area contributed by atoms with Crippen molar-refractivity contribution in [3.8, 4) is 0 Å². The number of carbonyl (C=O) groups excluding carboxylic acids is 1. The number of halogens is 1. The molecule has 0 aliphatic carbocycles. The number of alkyl halides is 1. The molecule has 4 nitrogen and oxygen atoms in total. The lowest BCUT2D eigenvalue weighted by Crippen LogP contribution is -2.42. The highest BCUT2D eigenvalue weighted by Crippen LogP contribution is 2.05. The van der Waals surface area contributed by atoms with E-state index in [-0.39, 0.29) is 6.29 Å². The summed E-state index contributed by atoms with van der Waals surface area (Å²) in [5, 5.41) is 26.2. The van der Waals surface area contributed by atoms with E-state index >= 15 is 0 Å². The Morgan fingerprint density at radius 3 is 2.00 bits per heavy atom. The van der Waals surface area contributed by atoms with Gasteiger partial charge in [0.05, 0.1) is 6.10 Å². The Labute approximate surface area is 63.3 Å². The standard InChI is InChI=1S/C6H11FO4/c1-3(9)5(10)6(11)4(7)2-8/h2-6,9-11H,1H3/t3-,4-,5-,6-/m0/s1. The fraction of sp³-hybridized carbons (Fsp3) is 0.833. The molecule has 0 aliphatic heterocycles. The maximum Gasteiger partial charge on any atom is 0.183 e. The van der Waals surface area contributed by atoms with Crippen molar-refractivity contribution in [2.45, 2.75) is 31.4 Å². The molecule has 5 heteroatoms. The molecule has 0 heterocycles. The summed E-state index contributed by atoms with van der Waals surface area (Å²) >= 11 is 0. The first kappa shape index (κ1) is 10.5. The average Bonchev–Trinajstić information content (AvgIpc) is 2.00. The molecule has 0 fully saturated rings. The zero-order chi connectivity index (χ0) is 9.02. The molecule has 0 saturated carbocycles. The van der Waals surface area contributed by atoms with Gasteiger partial charge in [-0.3, -0.25) is 0 Å². The van der Waals surface area contributed by atoms with Crippen molar-refractivity contribution in [3.63, 3.8) is 0 Å². The molecule has 3 N–H and O–H groups in total. The predicted octanol–water partition coefficient (Wildman–Crippen LogP) is -1.37. The van der Waals surface area contributed by atoms with Crippen molar-refractivity contribution in [1.29, 1.82) is 0 Å². The molecule has 0 spiro atoms. The Bertz CT molecular complexity index is 128. The fourth-order valence-corrected chi connectivity index (χ4v) is 0.554. The minimum atomic E-state index is -2.15. The van der Waals surface area contributed by atoms with Crippen LogP contribution in [0.15, 0.2) is 0 Å². The van der Waals surface area contributed by atoms with Gasteiger partial charge in [-0.15, -0.1) is 0 Å². The Morgan fingerprint density at radius 1 is 1.27 bits per heavy atom. The van der Waals surface area contributed by atoms with Gasteiger partial charge in [0, 0.05) is 0 Å². The summed E-state index contributed by atoms with van der Waals surface area (Å²) in [6.07, 6.45) is -7.03. The van der Waals surface area contributed by atoms with Crippen LogP contribution in [-0.4, -0.2) is 46.1 Å². The molecule has 0 unspecified atom stereocenters. The molecule has 0 radical (unpaired) electrons. The van der Waals surface area contributed by atoms with Crippen LogP contribution in [0.25, 0.3) is 0 Å². The van der Waals surface area contributed by atoms with Gasteiger partial charge in [-0.1, -0.05) is 0 Å². The summed E-state index contributed by atoms with van der Waals surface area (Å²) in [7, 11) is 0. The van der Waals surface area contributed by atoms with Crippen molar-refractivity contribution in [2.24, 2.45) is 0 Å². The lowest BCUT2D eigenvalue weighted by atomic mass is 10.1. The third-order valence-corrected chi connectivity index (χ3v) is 1.30. The first-order valence-electron chi connectivity index (χ1n) is 3.14. The van der Waals surface area contributed by atoms with Crippen molar-refractivity contribution in [3.05, 3.63) is 0 Å². The van der Waals surface area contributed by atoms with Crippen LogP contribution in [0.1, 0.15) is 6.92 Å². The largest absolute Gasteiger partial charge is 0.391 e. The van der Waals surface area contributed by atoms with E-state index in [9.17, 15) is 9.18 Å². The Hall–Kier alpha value is -0.520. The minimum Gasteiger partial charge on any atom is -0.391 e. The van der Waals surface area contributed by atoms with Gasteiger partial charge in [0.25, 0.3) is 0 Å². The van der Waals surface area contributed by atoms with Crippen LogP contribution in [0, 0.1) is 0 Å². The predicted molar refractivity (Wildman–Crippen MR) is 34.7 cm³/mol. The summed E-state index contributed by atoms with van der Waals surface area (Å²) in [5.41, 5.74) is 0. The van der Waals surface area contributed by atoms with Gasteiger partial charge in [0.15, 0.2) is 12.5 Å². The van der Waals surface area contributed by atoms with Crippen LogP contribution in [0.2, 0.25) is 0 Å². The van der Waals surface area contributed by atoms with Gasteiger partial charge in [0.1, 0.15) is 12.2 Å². The van der Waals surface area contributed by atoms with Crippen molar-refractivity contribution in [1.82, 2.24) is 0 Å². The maximum atomic E-state index is 12.2. The van der Waals surface area contributed by atoms with Crippen LogP contribution in [-0.2, 0) is 4.79 Å². The van der Waals surface area contributed by atoms with Gasteiger partial charge in [0.2, 0.25) is 0 Å². The smallest absolute Gasteiger partial charge is 0.183 e. The minimum absolute atomic E-state index is 0.129. The summed E-state index contributed by atoms with van der Waals surface area (Å²) in [6.45, 7) is 1.19. The van der Waals surface area contributed by atoms with E-state index in [1.165, 1.54) is 6.92 Å². The Morgan fingerprint density at radius 2 is 1.73 bits per heavy atom. The van der Waals surface area contributed by atoms with Crippen LogP contribution >= 0.6 is 0 Å². The lowest BCUT2D eigenvalue weighted by molar-refractivity contribution is -0.123. The zero-order valence-electron chi connectivity index (χ0n) is 6.01. The number of aliphatic hydroxyl groups is 3. The molecule has 0 amide bonds. The van der Waals surface area contributed by atoms with Crippen molar-refractivity contribution < 1.29 is 24.5 Å². The Balaban J connectivity index is 4.00. The van der Waals surface area contributed by atoms with E-state index in [0.29, 0.717) is 0 Å². The quantitative estimate of drug-likeness (QED) is 0.450. The van der Waals surface area contributed by atoms with E-state index in [2.05, 4.69) is 0 Å². The van der Waals surface area contributed by atoms with Gasteiger partial charge in [-0.05, 0) is 6.92 Å². The second-order valence-corrected chi connectivity index (χ2v) is 2.30. The van der Waals surface area contributed by atoms with E-state index in [1.54, 1.807) is 0 Å². The maximum absolute atomic E-state index is 12.2. The fourth-order valence-electron chi connectivity index (χ4n) is 0.554. The molecule has 0 saturated heterocycles. The highest BCUT2D eigenvalue weighted by molar-refractivity contribution is 5.56. The number of aliphatic hydroxyl groups excluding tert-OH is 3. The third kappa shape index (κ3) is 2.92. The van der Waals surface area contributed by atoms with E-state index in [1.807, 2.05) is 0 Å². The molecular weight excluding hydrogens is 155 g/mol. The zero-order valence-corrected chi connectivity index (χ0v) is 6.01. The monoisotopic (exact) mass is 166 g/mol. The number of hydrogen-bond donors (Lipinski definition) is 3. The van der Waals surface area contributed by atoms with Crippen LogP contribution < -0.4 is 0 Å². The van der Waals surface area contributed by atoms with E-state index in [0.717, 1.165) is 0 Å². The molecule has 0 aromatic heterocycles. The molecule has 0 aliphatic rings. The number of rotatable bonds is 4. The summed E-state index contributed by atoms with van der Waals surface area (Å²) < 4.78 is 12.2. The van der Waals surface area contributed by atoms with Crippen molar-refractivity contribution in [2.75, 3.05) is 0 Å². The molecule has 4 atom stereocenters. The molecular formula is C6H11FO4. The van der Waals surface area contributed by atoms with Crippen LogP contribution in [0.5, 0.6) is 0 Å². The van der Waals surface area contributed by atoms with Crippen LogP contribution in [0.3, 0.4) is 0 Å². The topological polar surface area (TPSA) is 77.8 Å². The van der Waals surface area contributed by atoms with Gasteiger partial charge >= 0.3 is 0 Å². The highest BCUT2D eigenvalue weighted by Gasteiger charge is 2.28. The lowest BCUT2D eigenvalue weighted by Gasteiger charge is -2.19.